The number of furan rings is 1. The number of hydrogen-bond acceptors (Lipinski definition) is 8. The first kappa shape index (κ1) is 33.4. The van der Waals surface area contributed by atoms with E-state index in [2.05, 4.69) is 22.9 Å². The number of halogens is 1. The van der Waals surface area contributed by atoms with Crippen LogP contribution in [0.1, 0.15) is 62.4 Å². The molecule has 3 aromatic rings. The van der Waals surface area contributed by atoms with Crippen LogP contribution in [0.3, 0.4) is 0 Å². The van der Waals surface area contributed by atoms with Crippen LogP contribution in [0.15, 0.2) is 75.6 Å². The molecule has 10 heteroatoms. The largest absolute Gasteiger partial charge is 0.461 e. The van der Waals surface area contributed by atoms with Gasteiger partial charge in [0.15, 0.2) is 6.10 Å². The first-order valence-corrected chi connectivity index (χ1v) is 15.8. The zero-order valence-corrected chi connectivity index (χ0v) is 27.0. The molecule has 236 valence electrons. The molecule has 0 radical (unpaired) electrons. The van der Waals surface area contributed by atoms with Gasteiger partial charge in [-0.25, -0.2) is 9.69 Å². The molecule has 0 bridgehead atoms. The Kier molecular flexibility index (Phi) is 12.6. The van der Waals surface area contributed by atoms with Gasteiger partial charge in [0.1, 0.15) is 18.1 Å². The van der Waals surface area contributed by atoms with Crippen LogP contribution in [0.25, 0.3) is 0 Å². The van der Waals surface area contributed by atoms with Gasteiger partial charge in [-0.3, -0.25) is 9.59 Å². The molecule has 1 aliphatic rings. The number of hydrogen-bond donors (Lipinski definition) is 0. The fraction of sp³-hybridized carbons (Fsp3) is 0.441. The van der Waals surface area contributed by atoms with E-state index in [4.69, 9.17) is 23.4 Å². The molecule has 0 N–H and O–H groups in total. The second kappa shape index (κ2) is 16.6. The van der Waals surface area contributed by atoms with Gasteiger partial charge in [0, 0.05) is 20.0 Å². The van der Waals surface area contributed by atoms with E-state index in [1.165, 1.54) is 6.92 Å². The van der Waals surface area contributed by atoms with Gasteiger partial charge in [-0.15, -0.1) is 0 Å². The average Bonchev–Trinajstić information content (AvgIpc) is 3.58. The van der Waals surface area contributed by atoms with E-state index in [0.717, 1.165) is 22.4 Å². The van der Waals surface area contributed by atoms with E-state index in [9.17, 15) is 14.4 Å². The minimum absolute atomic E-state index is 0.000786. The monoisotopic (exact) mass is 669 g/mol. The van der Waals surface area contributed by atoms with Crippen LogP contribution >= 0.6 is 15.9 Å². The number of carbonyl (C=O) groups excluding carboxylic acids is 3. The summed E-state index contributed by atoms with van der Waals surface area (Å²) in [6, 6.07) is 20.9. The summed E-state index contributed by atoms with van der Waals surface area (Å²) in [5.41, 5.74) is 2.10. The number of imide groups is 1. The predicted octanol–water partition coefficient (Wildman–Crippen LogP) is 6.82. The highest BCUT2D eigenvalue weighted by Gasteiger charge is 2.43. The molecule has 1 unspecified atom stereocenters. The molecule has 2 aromatic carbocycles. The maximum absolute atomic E-state index is 13.6. The minimum Gasteiger partial charge on any atom is -0.461 e. The fourth-order valence-corrected chi connectivity index (χ4v) is 5.56. The van der Waals surface area contributed by atoms with Crippen molar-refractivity contribution < 1.29 is 37.7 Å². The van der Waals surface area contributed by atoms with Crippen molar-refractivity contribution in [3.63, 3.8) is 0 Å². The Morgan fingerprint density at radius 2 is 1.75 bits per heavy atom. The van der Waals surface area contributed by atoms with Crippen LogP contribution in [-0.4, -0.2) is 54.8 Å². The quantitative estimate of drug-likeness (QED) is 0.121. The summed E-state index contributed by atoms with van der Waals surface area (Å²) in [6.45, 7) is 6.61. The van der Waals surface area contributed by atoms with E-state index >= 15 is 0 Å². The number of nitrogens with zero attached hydrogens (tertiary/aromatic N) is 1. The molecule has 2 heterocycles. The van der Waals surface area contributed by atoms with Crippen LogP contribution in [0, 0.1) is 5.92 Å². The summed E-state index contributed by atoms with van der Waals surface area (Å²) < 4.78 is 29.5. The fourth-order valence-electron chi connectivity index (χ4n) is 5.06. The highest BCUT2D eigenvalue weighted by Crippen LogP contribution is 2.35. The first-order valence-electron chi connectivity index (χ1n) is 15.0. The normalized spacial score (nSPS) is 16.8. The van der Waals surface area contributed by atoms with Gasteiger partial charge in [0.2, 0.25) is 5.91 Å². The third-order valence-corrected chi connectivity index (χ3v) is 8.16. The molecule has 9 nitrogen and oxygen atoms in total. The first-order chi connectivity index (χ1) is 21.3. The lowest BCUT2D eigenvalue weighted by molar-refractivity contribution is -0.154. The second-order valence-corrected chi connectivity index (χ2v) is 11.7. The molecule has 1 fully saturated rings. The molecule has 1 aromatic heterocycles. The van der Waals surface area contributed by atoms with E-state index < -0.39 is 36.0 Å². The smallest absolute Gasteiger partial charge is 0.416 e. The van der Waals surface area contributed by atoms with Gasteiger partial charge in [-0.1, -0.05) is 67.6 Å². The lowest BCUT2D eigenvalue weighted by Crippen LogP contribution is -2.44. The van der Waals surface area contributed by atoms with Crippen LogP contribution in [0.4, 0.5) is 4.79 Å². The SMILES string of the molecule is CC[C@@H](COCCCc1oc([C@@H](OC(C)=O)[C@H](C)C(=O)N2C(=O)OCC2Cc2ccccc2)cc1Br)OCc1ccccc1. The maximum Gasteiger partial charge on any atom is 0.416 e. The third-order valence-electron chi connectivity index (χ3n) is 7.49. The van der Waals surface area contributed by atoms with Crippen molar-refractivity contribution in [1.29, 1.82) is 0 Å². The lowest BCUT2D eigenvalue weighted by atomic mass is 9.98. The summed E-state index contributed by atoms with van der Waals surface area (Å²) in [7, 11) is 0. The number of esters is 1. The number of carbonyl (C=O) groups is 3. The van der Waals surface area contributed by atoms with Crippen molar-refractivity contribution in [2.24, 2.45) is 5.92 Å². The van der Waals surface area contributed by atoms with Gasteiger partial charge in [-0.05, 0) is 59.3 Å². The third kappa shape index (κ3) is 9.27. The van der Waals surface area contributed by atoms with E-state index in [1.54, 1.807) is 13.0 Å². The molecule has 0 spiro atoms. The van der Waals surface area contributed by atoms with Crippen molar-refractivity contribution >= 4 is 33.9 Å². The molecule has 44 heavy (non-hydrogen) atoms. The van der Waals surface area contributed by atoms with E-state index in [0.29, 0.717) is 55.1 Å². The summed E-state index contributed by atoms with van der Waals surface area (Å²) in [6.07, 6.45) is 0.820. The molecule has 1 saturated heterocycles. The molecule has 1 aliphatic heterocycles. The van der Waals surface area contributed by atoms with Gasteiger partial charge in [-0.2, -0.15) is 0 Å². The summed E-state index contributed by atoms with van der Waals surface area (Å²) >= 11 is 3.54. The van der Waals surface area contributed by atoms with Gasteiger partial charge >= 0.3 is 12.1 Å². The van der Waals surface area contributed by atoms with Gasteiger partial charge < -0.3 is 23.4 Å². The number of aryl methyl sites for hydroxylation is 1. The number of amides is 2. The predicted molar refractivity (Wildman–Crippen MR) is 167 cm³/mol. The molecule has 2 amide bonds. The second-order valence-electron chi connectivity index (χ2n) is 10.9. The van der Waals surface area contributed by atoms with Crippen LogP contribution < -0.4 is 0 Å². The number of benzene rings is 2. The number of rotatable bonds is 16. The highest BCUT2D eigenvalue weighted by molar-refractivity contribution is 9.10. The maximum atomic E-state index is 13.6. The molecule has 0 saturated carbocycles. The molecule has 4 atom stereocenters. The van der Waals surface area contributed by atoms with E-state index in [-0.39, 0.29) is 12.7 Å². The van der Waals surface area contributed by atoms with Crippen molar-refractivity contribution in [3.8, 4) is 0 Å². The van der Waals surface area contributed by atoms with Crippen molar-refractivity contribution in [1.82, 2.24) is 4.90 Å². The zero-order chi connectivity index (χ0) is 31.5. The molecule has 0 aliphatic carbocycles. The van der Waals surface area contributed by atoms with Crippen LogP contribution in [0.5, 0.6) is 0 Å². The molecular weight excluding hydrogens is 630 g/mol. The minimum atomic E-state index is -1.03. The Balaban J connectivity index is 1.33. The number of ether oxygens (including phenoxy) is 4. The van der Waals surface area contributed by atoms with Crippen LogP contribution in [0.2, 0.25) is 0 Å². The van der Waals surface area contributed by atoms with E-state index in [1.807, 2.05) is 60.7 Å². The molecular formula is C34H40BrNO8. The molecule has 4 rings (SSSR count). The summed E-state index contributed by atoms with van der Waals surface area (Å²) in [5, 5.41) is 0. The van der Waals surface area contributed by atoms with Crippen molar-refractivity contribution in [2.45, 2.75) is 71.3 Å². The van der Waals surface area contributed by atoms with Crippen molar-refractivity contribution in [2.75, 3.05) is 19.8 Å². The summed E-state index contributed by atoms with van der Waals surface area (Å²) in [5.74, 6) is -1.00. The van der Waals surface area contributed by atoms with Crippen molar-refractivity contribution in [3.05, 3.63) is 93.9 Å². The Morgan fingerprint density at radius 3 is 2.41 bits per heavy atom. The summed E-state index contributed by atoms with van der Waals surface area (Å²) in [4.78, 5) is 39.5. The standard InChI is InChI=1S/C34H40BrNO8/c1-4-28(41-20-26-14-9-6-10-15-26)22-40-17-11-16-30-29(35)19-31(44-30)32(43-24(3)37)23(2)33(38)36-27(21-42-34(36)39)18-25-12-7-5-8-13-25/h5-10,12-15,19,23,27-28,32H,4,11,16-18,20-22H2,1-3H3/t23-,27?,28-,32-/m0/s1. The lowest BCUT2D eigenvalue weighted by Gasteiger charge is -2.27. The Morgan fingerprint density at radius 1 is 1.07 bits per heavy atom. The van der Waals surface area contributed by atoms with Gasteiger partial charge in [0.05, 0.1) is 35.8 Å². The Bertz CT molecular complexity index is 1360. The topological polar surface area (TPSA) is 105 Å². The Labute approximate surface area is 266 Å². The highest BCUT2D eigenvalue weighted by atomic mass is 79.9. The number of cyclic esters (lactones) is 1. The average molecular weight is 671 g/mol. The zero-order valence-electron chi connectivity index (χ0n) is 25.4. The van der Waals surface area contributed by atoms with Gasteiger partial charge in [0.25, 0.3) is 0 Å². The Hall–Kier alpha value is -3.47. The van der Waals surface area contributed by atoms with Crippen LogP contribution in [-0.2, 0) is 48.0 Å².